The summed E-state index contributed by atoms with van der Waals surface area (Å²) in [4.78, 5) is 27.1. The van der Waals surface area contributed by atoms with Gasteiger partial charge < -0.3 is 16.0 Å². The fourth-order valence-corrected chi connectivity index (χ4v) is 4.41. The minimum Gasteiger partial charge on any atom is -0.348 e. The number of rotatable bonds is 6. The second-order valence-corrected chi connectivity index (χ2v) is 8.17. The topological polar surface area (TPSA) is 75.4 Å². The van der Waals surface area contributed by atoms with Crippen LogP contribution in [0.1, 0.15) is 44.1 Å². The van der Waals surface area contributed by atoms with Crippen LogP contribution in [0.15, 0.2) is 36.4 Å². The second-order valence-electron chi connectivity index (χ2n) is 8.17. The highest BCUT2D eigenvalue weighted by atomic mass is 16.2. The van der Waals surface area contributed by atoms with Crippen molar-refractivity contribution in [2.24, 2.45) is 17.6 Å². The highest BCUT2D eigenvalue weighted by Crippen LogP contribution is 2.34. The number of carbonyl (C=O) groups is 2. The number of nitrogens with one attached hydrogen (secondary N) is 1. The van der Waals surface area contributed by atoms with Crippen LogP contribution in [0.2, 0.25) is 0 Å². The minimum absolute atomic E-state index is 0.0139. The number of benzene rings is 1. The molecular formula is C22H29N3O2. The van der Waals surface area contributed by atoms with Crippen molar-refractivity contribution in [1.29, 1.82) is 0 Å². The molecule has 0 saturated heterocycles. The quantitative estimate of drug-likeness (QED) is 0.759. The van der Waals surface area contributed by atoms with Gasteiger partial charge in [0.1, 0.15) is 0 Å². The van der Waals surface area contributed by atoms with Gasteiger partial charge in [-0.2, -0.15) is 0 Å². The molecule has 2 atom stereocenters. The van der Waals surface area contributed by atoms with Crippen molar-refractivity contribution in [2.75, 3.05) is 11.4 Å². The summed E-state index contributed by atoms with van der Waals surface area (Å²) in [6, 6.07) is 7.52. The third-order valence-electron chi connectivity index (χ3n) is 6.25. The Hall–Kier alpha value is -2.14. The van der Waals surface area contributed by atoms with Crippen molar-refractivity contribution in [3.63, 3.8) is 0 Å². The van der Waals surface area contributed by atoms with Crippen molar-refractivity contribution in [3.05, 3.63) is 42.0 Å². The van der Waals surface area contributed by atoms with Crippen LogP contribution in [0.5, 0.6) is 0 Å². The van der Waals surface area contributed by atoms with Crippen molar-refractivity contribution < 1.29 is 9.59 Å². The molecule has 2 saturated carbocycles. The molecular weight excluding hydrogens is 338 g/mol. The van der Waals surface area contributed by atoms with Crippen LogP contribution in [0, 0.1) is 11.8 Å². The summed E-state index contributed by atoms with van der Waals surface area (Å²) in [5.41, 5.74) is 8.41. The number of anilines is 1. The van der Waals surface area contributed by atoms with Gasteiger partial charge in [0.15, 0.2) is 0 Å². The molecule has 0 aromatic heterocycles. The Morgan fingerprint density at radius 1 is 1.11 bits per heavy atom. The first kappa shape index (κ1) is 18.2. The van der Waals surface area contributed by atoms with E-state index >= 15 is 0 Å². The van der Waals surface area contributed by atoms with Gasteiger partial charge in [0.25, 0.3) is 5.91 Å². The van der Waals surface area contributed by atoms with Gasteiger partial charge in [0.2, 0.25) is 5.91 Å². The van der Waals surface area contributed by atoms with E-state index in [1.165, 1.54) is 18.4 Å². The van der Waals surface area contributed by atoms with Gasteiger partial charge in [-0.05, 0) is 55.6 Å². The van der Waals surface area contributed by atoms with Gasteiger partial charge in [-0.15, -0.1) is 0 Å². The zero-order valence-electron chi connectivity index (χ0n) is 15.8. The number of hydrogen-bond acceptors (Lipinski definition) is 3. The van der Waals surface area contributed by atoms with E-state index in [1.54, 1.807) is 6.08 Å². The Kier molecular flexibility index (Phi) is 5.30. The number of carbonyl (C=O) groups excluding carboxylic acids is 2. The lowest BCUT2D eigenvalue weighted by atomic mass is 9.97. The van der Waals surface area contributed by atoms with Crippen molar-refractivity contribution in [2.45, 2.75) is 57.0 Å². The van der Waals surface area contributed by atoms with E-state index < -0.39 is 6.04 Å². The zero-order chi connectivity index (χ0) is 18.8. The van der Waals surface area contributed by atoms with Crippen molar-refractivity contribution in [1.82, 2.24) is 5.32 Å². The van der Waals surface area contributed by atoms with Crippen LogP contribution in [0.4, 0.5) is 5.69 Å². The number of nitrogens with zero attached hydrogens (tertiary/aromatic N) is 1. The normalized spacial score (nSPS) is 22.0. The maximum absolute atomic E-state index is 12.7. The number of amides is 2. The van der Waals surface area contributed by atoms with E-state index in [4.69, 9.17) is 5.73 Å². The first-order valence-corrected chi connectivity index (χ1v) is 10.3. The maximum atomic E-state index is 12.7. The zero-order valence-corrected chi connectivity index (χ0v) is 15.8. The lowest BCUT2D eigenvalue weighted by Crippen LogP contribution is -2.48. The van der Waals surface area contributed by atoms with E-state index in [0.717, 1.165) is 44.3 Å². The molecule has 1 aromatic carbocycles. The minimum atomic E-state index is -0.427. The standard InChI is InChI=1S/C22H29N3O2/c23-21(17-6-1-2-7-17)22(27)24-18(15-9-10-15)11-12-20(26)25-14-13-16-5-3-4-8-19(16)25/h3-5,8,11-12,15,17-18,21H,1-2,6-7,9-10,13-14,23H2,(H,24,27)/b12-11+/t18-,21+/m1/s1. The number of fused-ring (bicyclic) bond motifs is 1. The molecule has 144 valence electrons. The molecule has 2 amide bonds. The van der Waals surface area contributed by atoms with Crippen LogP contribution < -0.4 is 16.0 Å². The summed E-state index contributed by atoms with van der Waals surface area (Å²) < 4.78 is 0. The molecule has 5 heteroatoms. The van der Waals surface area contributed by atoms with E-state index in [1.807, 2.05) is 29.2 Å². The van der Waals surface area contributed by atoms with Gasteiger partial charge in [-0.1, -0.05) is 37.1 Å². The number of nitrogens with two attached hydrogens (primary N) is 1. The SMILES string of the molecule is N[C@H](C(=O)N[C@H](/C=C/C(=O)N1CCc2ccccc21)C1CC1)C1CCCC1. The summed E-state index contributed by atoms with van der Waals surface area (Å²) in [7, 11) is 0. The molecule has 0 radical (unpaired) electrons. The predicted molar refractivity (Wildman–Crippen MR) is 106 cm³/mol. The number of para-hydroxylation sites is 1. The first-order valence-electron chi connectivity index (χ1n) is 10.3. The maximum Gasteiger partial charge on any atom is 0.250 e. The molecule has 3 aliphatic rings. The molecule has 5 nitrogen and oxygen atoms in total. The average Bonchev–Trinajstić information content (AvgIpc) is 3.20. The van der Waals surface area contributed by atoms with Crippen LogP contribution in [-0.4, -0.2) is 30.4 Å². The molecule has 0 spiro atoms. The average molecular weight is 367 g/mol. The van der Waals surface area contributed by atoms with Gasteiger partial charge in [-0.25, -0.2) is 0 Å². The smallest absolute Gasteiger partial charge is 0.250 e. The predicted octanol–water partition coefficient (Wildman–Crippen LogP) is 2.54. The molecule has 1 aromatic rings. The van der Waals surface area contributed by atoms with E-state index in [0.29, 0.717) is 11.8 Å². The largest absolute Gasteiger partial charge is 0.348 e. The molecule has 0 bridgehead atoms. The molecule has 0 unspecified atom stereocenters. The monoisotopic (exact) mass is 367 g/mol. The Balaban J connectivity index is 1.38. The first-order chi connectivity index (χ1) is 13.1. The fraction of sp³-hybridized carbons (Fsp3) is 0.545. The van der Waals surface area contributed by atoms with Crippen LogP contribution >= 0.6 is 0 Å². The summed E-state index contributed by atoms with van der Waals surface area (Å²) in [5.74, 6) is 0.651. The van der Waals surface area contributed by atoms with Crippen LogP contribution in [0.25, 0.3) is 0 Å². The van der Waals surface area contributed by atoms with E-state index in [-0.39, 0.29) is 17.9 Å². The lowest BCUT2D eigenvalue weighted by molar-refractivity contribution is -0.124. The summed E-state index contributed by atoms with van der Waals surface area (Å²) in [6.45, 7) is 0.718. The molecule has 27 heavy (non-hydrogen) atoms. The third kappa shape index (κ3) is 4.08. The van der Waals surface area contributed by atoms with Gasteiger partial charge >= 0.3 is 0 Å². The Morgan fingerprint density at radius 2 is 1.85 bits per heavy atom. The van der Waals surface area contributed by atoms with Crippen LogP contribution in [0.3, 0.4) is 0 Å². The fourth-order valence-electron chi connectivity index (χ4n) is 4.41. The molecule has 2 fully saturated rings. The highest BCUT2D eigenvalue weighted by molar-refractivity contribution is 6.03. The lowest BCUT2D eigenvalue weighted by Gasteiger charge is -2.22. The van der Waals surface area contributed by atoms with Crippen molar-refractivity contribution >= 4 is 17.5 Å². The van der Waals surface area contributed by atoms with Crippen molar-refractivity contribution in [3.8, 4) is 0 Å². The Morgan fingerprint density at radius 3 is 2.59 bits per heavy atom. The summed E-state index contributed by atoms with van der Waals surface area (Å²) in [5, 5.41) is 3.10. The molecule has 3 N–H and O–H groups in total. The van der Waals surface area contributed by atoms with E-state index in [9.17, 15) is 9.59 Å². The van der Waals surface area contributed by atoms with Gasteiger partial charge in [0.05, 0.1) is 12.1 Å². The third-order valence-corrected chi connectivity index (χ3v) is 6.25. The van der Waals surface area contributed by atoms with Gasteiger partial charge in [-0.3, -0.25) is 9.59 Å². The van der Waals surface area contributed by atoms with E-state index in [2.05, 4.69) is 11.4 Å². The molecule has 4 rings (SSSR count). The Labute approximate surface area is 161 Å². The molecule has 1 aliphatic heterocycles. The van der Waals surface area contributed by atoms with Gasteiger partial charge in [0, 0.05) is 18.3 Å². The highest BCUT2D eigenvalue weighted by Gasteiger charge is 2.34. The number of hydrogen-bond donors (Lipinski definition) is 2. The van der Waals surface area contributed by atoms with Crippen LogP contribution in [-0.2, 0) is 16.0 Å². The second kappa shape index (κ2) is 7.85. The summed E-state index contributed by atoms with van der Waals surface area (Å²) in [6.07, 6.45) is 11.0. The molecule has 1 heterocycles. The molecule has 2 aliphatic carbocycles. The summed E-state index contributed by atoms with van der Waals surface area (Å²) >= 11 is 0. The Bertz CT molecular complexity index is 735.